The Kier molecular flexibility index (Phi) is 5.36. The summed E-state index contributed by atoms with van der Waals surface area (Å²) in [6, 6.07) is 6.41. The molecule has 0 spiro atoms. The van der Waals surface area contributed by atoms with E-state index in [1.807, 2.05) is 6.07 Å². The molecule has 0 bridgehead atoms. The van der Waals surface area contributed by atoms with E-state index >= 15 is 0 Å². The molecule has 1 amide bonds. The van der Waals surface area contributed by atoms with Gasteiger partial charge in [0.05, 0.1) is 0 Å². The van der Waals surface area contributed by atoms with Crippen LogP contribution in [0.3, 0.4) is 0 Å². The number of benzene rings is 1. The minimum atomic E-state index is -3.85. The number of halogens is 1. The van der Waals surface area contributed by atoms with Crippen molar-refractivity contribution in [1.29, 1.82) is 0 Å². The van der Waals surface area contributed by atoms with E-state index in [-0.39, 0.29) is 23.1 Å². The second-order valence-electron chi connectivity index (χ2n) is 6.27. The van der Waals surface area contributed by atoms with Gasteiger partial charge in [-0.05, 0) is 44.4 Å². The average molecular weight is 398 g/mol. The number of rotatable bonds is 5. The second kappa shape index (κ2) is 7.38. The summed E-state index contributed by atoms with van der Waals surface area (Å²) >= 11 is 5.94. The third-order valence-electron chi connectivity index (χ3n) is 4.40. The van der Waals surface area contributed by atoms with E-state index in [2.05, 4.69) is 10.5 Å². The zero-order valence-electron chi connectivity index (χ0n) is 14.5. The number of sulfonamides is 1. The molecule has 7 nitrogen and oxygen atoms in total. The van der Waals surface area contributed by atoms with E-state index in [9.17, 15) is 13.2 Å². The summed E-state index contributed by atoms with van der Waals surface area (Å²) in [7, 11) is -3.85. The van der Waals surface area contributed by atoms with Gasteiger partial charge in [0.1, 0.15) is 16.6 Å². The highest BCUT2D eigenvalue weighted by Crippen LogP contribution is 2.29. The molecule has 1 aromatic heterocycles. The summed E-state index contributed by atoms with van der Waals surface area (Å²) in [5.74, 6) is -0.0923. The zero-order valence-corrected chi connectivity index (χ0v) is 16.1. The fraction of sp³-hybridized carbons (Fsp3) is 0.412. The molecule has 0 aliphatic carbocycles. The lowest BCUT2D eigenvalue weighted by Gasteiger charge is -2.23. The molecule has 0 unspecified atom stereocenters. The first-order valence-corrected chi connectivity index (χ1v) is 10.1. The zero-order chi connectivity index (χ0) is 18.9. The minimum Gasteiger partial charge on any atom is -0.360 e. The first-order chi connectivity index (χ1) is 12.3. The van der Waals surface area contributed by atoms with Crippen LogP contribution in [0.15, 0.2) is 33.7 Å². The molecule has 1 atom stereocenters. The van der Waals surface area contributed by atoms with Gasteiger partial charge in [-0.15, -0.1) is 0 Å². The van der Waals surface area contributed by atoms with E-state index in [4.69, 9.17) is 16.1 Å². The van der Waals surface area contributed by atoms with Crippen molar-refractivity contribution in [2.45, 2.75) is 44.2 Å². The van der Waals surface area contributed by atoms with Gasteiger partial charge in [0, 0.05) is 18.1 Å². The number of aromatic nitrogens is 1. The van der Waals surface area contributed by atoms with Crippen molar-refractivity contribution in [3.63, 3.8) is 0 Å². The number of carbonyl (C=O) groups is 1. The van der Waals surface area contributed by atoms with Crippen LogP contribution in [0.25, 0.3) is 0 Å². The lowest BCUT2D eigenvalue weighted by Crippen LogP contribution is -2.45. The Bertz CT molecular complexity index is 906. The Morgan fingerprint density at radius 2 is 2.19 bits per heavy atom. The van der Waals surface area contributed by atoms with Crippen LogP contribution in [0.2, 0.25) is 5.02 Å². The van der Waals surface area contributed by atoms with Gasteiger partial charge in [0.2, 0.25) is 15.9 Å². The lowest BCUT2D eigenvalue weighted by molar-refractivity contribution is -0.124. The number of nitrogens with zero attached hydrogens (tertiary/aromatic N) is 2. The standard InChI is InChI=1S/C17H20ClN3O4S/c1-11-16(12(2)25-20-11)26(23,24)21-8-4-7-15(21)17(22)19-10-13-5-3-6-14(18)9-13/h3,5-6,9,15H,4,7-8,10H2,1-2H3,(H,19,22)/t15-/m0/s1. The summed E-state index contributed by atoms with van der Waals surface area (Å²) in [5, 5.41) is 7.10. The number of hydrogen-bond donors (Lipinski definition) is 1. The maximum atomic E-state index is 13.0. The number of hydrogen-bond acceptors (Lipinski definition) is 5. The maximum Gasteiger partial charge on any atom is 0.249 e. The molecule has 0 saturated carbocycles. The lowest BCUT2D eigenvalue weighted by atomic mass is 10.2. The van der Waals surface area contributed by atoms with Gasteiger partial charge < -0.3 is 9.84 Å². The van der Waals surface area contributed by atoms with E-state index in [1.165, 1.54) is 4.31 Å². The number of nitrogens with one attached hydrogen (secondary N) is 1. The van der Waals surface area contributed by atoms with Gasteiger partial charge in [0.25, 0.3) is 0 Å². The molecule has 1 aromatic carbocycles. The van der Waals surface area contributed by atoms with Crippen LogP contribution in [0.5, 0.6) is 0 Å². The Balaban J connectivity index is 1.76. The van der Waals surface area contributed by atoms with Crippen molar-refractivity contribution in [3.05, 3.63) is 46.3 Å². The largest absolute Gasteiger partial charge is 0.360 e. The minimum absolute atomic E-state index is 0.0482. The highest BCUT2D eigenvalue weighted by Gasteiger charge is 2.41. The summed E-state index contributed by atoms with van der Waals surface area (Å²) in [6.07, 6.45) is 1.10. The van der Waals surface area contributed by atoms with Crippen LogP contribution in [0, 0.1) is 13.8 Å². The molecule has 1 aliphatic rings. The van der Waals surface area contributed by atoms with Gasteiger partial charge in [0.15, 0.2) is 5.76 Å². The number of aryl methyl sites for hydroxylation is 2. The molecule has 9 heteroatoms. The summed E-state index contributed by atoms with van der Waals surface area (Å²) < 4.78 is 32.2. The fourth-order valence-electron chi connectivity index (χ4n) is 3.20. The summed E-state index contributed by atoms with van der Waals surface area (Å²) in [5.41, 5.74) is 1.15. The van der Waals surface area contributed by atoms with E-state index < -0.39 is 16.1 Å². The smallest absolute Gasteiger partial charge is 0.249 e. The van der Waals surface area contributed by atoms with Crippen molar-refractivity contribution in [2.24, 2.45) is 0 Å². The van der Waals surface area contributed by atoms with Crippen molar-refractivity contribution in [2.75, 3.05) is 6.54 Å². The van der Waals surface area contributed by atoms with E-state index in [1.54, 1.807) is 32.0 Å². The Hall–Kier alpha value is -1.90. The van der Waals surface area contributed by atoms with Gasteiger partial charge in [-0.3, -0.25) is 4.79 Å². The van der Waals surface area contributed by atoms with Gasteiger partial charge in [-0.1, -0.05) is 28.9 Å². The second-order valence-corrected chi connectivity index (χ2v) is 8.54. The van der Waals surface area contributed by atoms with Crippen LogP contribution < -0.4 is 5.32 Å². The van der Waals surface area contributed by atoms with Crippen molar-refractivity contribution in [1.82, 2.24) is 14.8 Å². The third kappa shape index (κ3) is 3.62. The molecule has 2 heterocycles. The Labute approximate surface area is 157 Å². The average Bonchev–Trinajstić information content (AvgIpc) is 3.20. The first-order valence-electron chi connectivity index (χ1n) is 8.27. The molecule has 2 aromatic rings. The van der Waals surface area contributed by atoms with E-state index in [0.29, 0.717) is 30.1 Å². The molecule has 1 saturated heterocycles. The monoisotopic (exact) mass is 397 g/mol. The molecule has 1 aliphatic heterocycles. The number of amides is 1. The molecular formula is C17H20ClN3O4S. The topological polar surface area (TPSA) is 92.5 Å². The van der Waals surface area contributed by atoms with Crippen LogP contribution in [-0.4, -0.2) is 36.4 Å². The summed E-state index contributed by atoms with van der Waals surface area (Å²) in [6.45, 7) is 3.71. The summed E-state index contributed by atoms with van der Waals surface area (Å²) in [4.78, 5) is 12.7. The van der Waals surface area contributed by atoms with Crippen LogP contribution >= 0.6 is 11.6 Å². The van der Waals surface area contributed by atoms with Gasteiger partial charge in [-0.25, -0.2) is 8.42 Å². The molecule has 1 N–H and O–H groups in total. The normalized spacial score (nSPS) is 18.2. The van der Waals surface area contributed by atoms with Gasteiger partial charge in [-0.2, -0.15) is 4.31 Å². The highest BCUT2D eigenvalue weighted by molar-refractivity contribution is 7.89. The molecule has 3 rings (SSSR count). The fourth-order valence-corrected chi connectivity index (χ4v) is 5.37. The quantitative estimate of drug-likeness (QED) is 0.836. The SMILES string of the molecule is Cc1noc(C)c1S(=O)(=O)N1CCC[C@H]1C(=O)NCc1cccc(Cl)c1. The first kappa shape index (κ1) is 18.9. The third-order valence-corrected chi connectivity index (χ3v) is 6.79. The van der Waals surface area contributed by atoms with Crippen molar-refractivity contribution < 1.29 is 17.7 Å². The van der Waals surface area contributed by atoms with Crippen molar-refractivity contribution >= 4 is 27.5 Å². The maximum absolute atomic E-state index is 13.0. The van der Waals surface area contributed by atoms with Crippen LogP contribution in [0.1, 0.15) is 29.9 Å². The molecule has 26 heavy (non-hydrogen) atoms. The Morgan fingerprint density at radius 3 is 2.85 bits per heavy atom. The molecule has 140 valence electrons. The molecule has 0 radical (unpaired) electrons. The predicted octanol–water partition coefficient (Wildman–Crippen LogP) is 2.41. The van der Waals surface area contributed by atoms with E-state index in [0.717, 1.165) is 5.56 Å². The number of carbonyl (C=O) groups excluding carboxylic acids is 1. The van der Waals surface area contributed by atoms with Crippen molar-refractivity contribution in [3.8, 4) is 0 Å². The van der Waals surface area contributed by atoms with Crippen LogP contribution in [-0.2, 0) is 21.4 Å². The van der Waals surface area contributed by atoms with Crippen LogP contribution in [0.4, 0.5) is 0 Å². The highest BCUT2D eigenvalue weighted by atomic mass is 35.5. The van der Waals surface area contributed by atoms with Gasteiger partial charge >= 0.3 is 0 Å². The predicted molar refractivity (Wildman–Crippen MR) is 96.2 cm³/mol. The molecule has 1 fully saturated rings. The Morgan fingerprint density at radius 1 is 1.42 bits per heavy atom. The molecular weight excluding hydrogens is 378 g/mol.